The van der Waals surface area contributed by atoms with Crippen molar-refractivity contribution >= 4 is 11.7 Å². The lowest BCUT2D eigenvalue weighted by Crippen LogP contribution is -2.49. The molecule has 0 atom stereocenters. The Balaban J connectivity index is 1.59. The van der Waals surface area contributed by atoms with E-state index in [9.17, 15) is 10.1 Å². The Labute approximate surface area is 173 Å². The first kappa shape index (κ1) is 19.4. The number of carbonyl (C=O) groups is 1. The highest BCUT2D eigenvalue weighted by Crippen LogP contribution is 2.35. The van der Waals surface area contributed by atoms with E-state index in [0.29, 0.717) is 32.1 Å². The lowest BCUT2D eigenvalue weighted by molar-refractivity contribution is 0.0746. The second-order valence-corrected chi connectivity index (χ2v) is 8.27. The van der Waals surface area contributed by atoms with E-state index in [1.807, 2.05) is 35.2 Å². The molecule has 1 saturated heterocycles. The highest BCUT2D eigenvalue weighted by atomic mass is 16.2. The first-order chi connectivity index (χ1) is 14.1. The van der Waals surface area contributed by atoms with E-state index >= 15 is 0 Å². The highest BCUT2D eigenvalue weighted by molar-refractivity contribution is 5.94. The van der Waals surface area contributed by atoms with Gasteiger partial charge in [-0.2, -0.15) is 5.26 Å². The van der Waals surface area contributed by atoms with Crippen LogP contribution in [0.15, 0.2) is 30.3 Å². The molecule has 0 N–H and O–H groups in total. The van der Waals surface area contributed by atoms with Crippen molar-refractivity contribution in [2.75, 3.05) is 31.1 Å². The standard InChI is InChI=1S/C24H28N4O/c1-17(2)22-20-11-7-6-10-19(20)21(16-25)23(26-22)27-12-14-28(15-13-27)24(29)18-8-4-3-5-9-18/h3-5,8-9,17H,6-7,10-15H2,1-2H3. The number of piperazine rings is 1. The van der Waals surface area contributed by atoms with Gasteiger partial charge in [-0.25, -0.2) is 4.98 Å². The third-order valence-electron chi connectivity index (χ3n) is 6.07. The molecule has 1 fully saturated rings. The number of fused-ring (bicyclic) bond motifs is 1. The molecule has 0 radical (unpaired) electrons. The van der Waals surface area contributed by atoms with Crippen LogP contribution in [0.4, 0.5) is 5.82 Å². The summed E-state index contributed by atoms with van der Waals surface area (Å²) in [6.07, 6.45) is 4.32. The average Bonchev–Trinajstić information content (AvgIpc) is 2.78. The molecule has 5 nitrogen and oxygen atoms in total. The lowest BCUT2D eigenvalue weighted by Gasteiger charge is -2.37. The second-order valence-electron chi connectivity index (χ2n) is 8.27. The van der Waals surface area contributed by atoms with Crippen LogP contribution in [-0.4, -0.2) is 42.0 Å². The summed E-state index contributed by atoms with van der Waals surface area (Å²) in [5, 5.41) is 9.94. The molecular formula is C24H28N4O. The van der Waals surface area contributed by atoms with Crippen LogP contribution in [0.2, 0.25) is 0 Å². The number of carbonyl (C=O) groups excluding carboxylic acids is 1. The Kier molecular flexibility index (Phi) is 5.53. The first-order valence-corrected chi connectivity index (χ1v) is 10.6. The summed E-state index contributed by atoms with van der Waals surface area (Å²) < 4.78 is 0. The molecule has 0 spiro atoms. The fraction of sp³-hybridized carbons (Fsp3) is 0.458. The summed E-state index contributed by atoms with van der Waals surface area (Å²) >= 11 is 0. The number of rotatable bonds is 3. The SMILES string of the molecule is CC(C)c1nc(N2CCN(C(=O)c3ccccc3)CC2)c(C#N)c2c1CCCC2. The van der Waals surface area contributed by atoms with E-state index in [0.717, 1.165) is 41.9 Å². The first-order valence-electron chi connectivity index (χ1n) is 10.6. The molecule has 29 heavy (non-hydrogen) atoms. The molecule has 1 aromatic heterocycles. The molecule has 1 amide bonds. The molecule has 2 aromatic rings. The molecule has 5 heteroatoms. The zero-order valence-corrected chi connectivity index (χ0v) is 17.3. The van der Waals surface area contributed by atoms with Crippen LogP contribution < -0.4 is 4.90 Å². The van der Waals surface area contributed by atoms with Crippen LogP contribution in [0.3, 0.4) is 0 Å². The summed E-state index contributed by atoms with van der Waals surface area (Å²) in [5.74, 6) is 1.24. The maximum absolute atomic E-state index is 12.7. The van der Waals surface area contributed by atoms with Crippen molar-refractivity contribution in [1.29, 1.82) is 5.26 Å². The minimum absolute atomic E-state index is 0.0760. The number of benzene rings is 1. The Morgan fingerprint density at radius 2 is 1.69 bits per heavy atom. The molecule has 0 bridgehead atoms. The number of pyridine rings is 1. The summed E-state index contributed by atoms with van der Waals surface area (Å²) in [5.41, 5.74) is 5.16. The number of nitriles is 1. The fourth-order valence-electron chi connectivity index (χ4n) is 4.54. The van der Waals surface area contributed by atoms with Crippen LogP contribution in [0, 0.1) is 11.3 Å². The predicted octanol–water partition coefficient (Wildman–Crippen LogP) is 3.92. The van der Waals surface area contributed by atoms with Gasteiger partial charge in [-0.15, -0.1) is 0 Å². The van der Waals surface area contributed by atoms with Crippen LogP contribution >= 0.6 is 0 Å². The fourth-order valence-corrected chi connectivity index (χ4v) is 4.54. The molecule has 2 aliphatic rings. The van der Waals surface area contributed by atoms with Gasteiger partial charge in [0.15, 0.2) is 0 Å². The van der Waals surface area contributed by atoms with Crippen molar-refractivity contribution in [3.63, 3.8) is 0 Å². The van der Waals surface area contributed by atoms with Crippen LogP contribution in [0.1, 0.15) is 65.3 Å². The molecule has 150 valence electrons. The van der Waals surface area contributed by atoms with E-state index in [1.165, 1.54) is 17.5 Å². The topological polar surface area (TPSA) is 60.2 Å². The van der Waals surface area contributed by atoms with Gasteiger partial charge in [-0.05, 0) is 54.9 Å². The van der Waals surface area contributed by atoms with Crippen LogP contribution in [0.25, 0.3) is 0 Å². The van der Waals surface area contributed by atoms with Gasteiger partial charge < -0.3 is 9.80 Å². The third-order valence-corrected chi connectivity index (χ3v) is 6.07. The molecule has 0 saturated carbocycles. The molecule has 4 rings (SSSR count). The van der Waals surface area contributed by atoms with Crippen molar-refractivity contribution in [2.24, 2.45) is 0 Å². The lowest BCUT2D eigenvalue weighted by atomic mass is 9.85. The average molecular weight is 389 g/mol. The van der Waals surface area contributed by atoms with Crippen molar-refractivity contribution in [1.82, 2.24) is 9.88 Å². The summed E-state index contributed by atoms with van der Waals surface area (Å²) in [4.78, 5) is 21.9. The Bertz CT molecular complexity index is 938. The maximum atomic E-state index is 12.7. The molecule has 1 aliphatic heterocycles. The zero-order valence-electron chi connectivity index (χ0n) is 17.3. The van der Waals surface area contributed by atoms with Gasteiger partial charge in [0.25, 0.3) is 5.91 Å². The number of hydrogen-bond donors (Lipinski definition) is 0. The molecule has 2 heterocycles. The number of nitrogens with zero attached hydrogens (tertiary/aromatic N) is 4. The van der Waals surface area contributed by atoms with Crippen LogP contribution in [-0.2, 0) is 12.8 Å². The quantitative estimate of drug-likeness (QED) is 0.800. The van der Waals surface area contributed by atoms with Gasteiger partial charge >= 0.3 is 0 Å². The molecular weight excluding hydrogens is 360 g/mol. The van der Waals surface area contributed by atoms with Crippen molar-refractivity contribution < 1.29 is 4.79 Å². The minimum Gasteiger partial charge on any atom is -0.352 e. The van der Waals surface area contributed by atoms with E-state index in [-0.39, 0.29) is 5.91 Å². The summed E-state index contributed by atoms with van der Waals surface area (Å²) in [6.45, 7) is 7.07. The van der Waals surface area contributed by atoms with Gasteiger partial charge in [-0.3, -0.25) is 4.79 Å². The van der Waals surface area contributed by atoms with E-state index in [2.05, 4.69) is 24.8 Å². The Morgan fingerprint density at radius 3 is 2.31 bits per heavy atom. The maximum Gasteiger partial charge on any atom is 0.253 e. The van der Waals surface area contributed by atoms with Gasteiger partial charge in [0, 0.05) is 37.4 Å². The number of hydrogen-bond acceptors (Lipinski definition) is 4. The van der Waals surface area contributed by atoms with Crippen molar-refractivity contribution in [2.45, 2.75) is 45.4 Å². The summed E-state index contributed by atoms with van der Waals surface area (Å²) in [7, 11) is 0. The molecule has 1 aliphatic carbocycles. The largest absolute Gasteiger partial charge is 0.352 e. The van der Waals surface area contributed by atoms with E-state index < -0.39 is 0 Å². The van der Waals surface area contributed by atoms with E-state index in [1.54, 1.807) is 0 Å². The molecule has 0 unspecified atom stereocenters. The van der Waals surface area contributed by atoms with Crippen molar-refractivity contribution in [3.05, 3.63) is 58.3 Å². The monoisotopic (exact) mass is 388 g/mol. The Morgan fingerprint density at radius 1 is 1.03 bits per heavy atom. The normalized spacial score (nSPS) is 16.5. The van der Waals surface area contributed by atoms with Gasteiger partial charge in [0.1, 0.15) is 11.9 Å². The number of aromatic nitrogens is 1. The zero-order chi connectivity index (χ0) is 20.4. The second kappa shape index (κ2) is 8.24. The Hall–Kier alpha value is -2.87. The smallest absolute Gasteiger partial charge is 0.253 e. The van der Waals surface area contributed by atoms with Gasteiger partial charge in [0.05, 0.1) is 5.56 Å². The van der Waals surface area contributed by atoms with Gasteiger partial charge in [-0.1, -0.05) is 32.0 Å². The number of anilines is 1. The summed E-state index contributed by atoms with van der Waals surface area (Å²) in [6, 6.07) is 11.9. The predicted molar refractivity (Wildman–Crippen MR) is 114 cm³/mol. The minimum atomic E-state index is 0.0760. The van der Waals surface area contributed by atoms with Gasteiger partial charge in [0.2, 0.25) is 0 Å². The van der Waals surface area contributed by atoms with E-state index in [4.69, 9.17) is 4.98 Å². The highest BCUT2D eigenvalue weighted by Gasteiger charge is 2.28. The van der Waals surface area contributed by atoms with Crippen molar-refractivity contribution in [3.8, 4) is 6.07 Å². The number of amides is 1. The third kappa shape index (κ3) is 3.72. The molecule has 1 aromatic carbocycles. The van der Waals surface area contributed by atoms with Crippen LogP contribution in [0.5, 0.6) is 0 Å².